The second-order valence-corrected chi connectivity index (χ2v) is 6.28. The maximum atomic E-state index is 13.4. The topological polar surface area (TPSA) is 21.3 Å². The molecule has 0 bridgehead atoms. The van der Waals surface area contributed by atoms with Crippen LogP contribution in [-0.2, 0) is 6.54 Å². The Labute approximate surface area is 129 Å². The molecule has 0 saturated heterocycles. The molecule has 1 aliphatic rings. The molecule has 19 heavy (non-hydrogen) atoms. The van der Waals surface area contributed by atoms with Crippen LogP contribution in [0.2, 0.25) is 0 Å². The highest BCUT2D eigenvalue weighted by atomic mass is 127. The number of halogens is 2. The molecule has 0 saturated carbocycles. The number of rotatable bonds is 2. The van der Waals surface area contributed by atoms with Gasteiger partial charge in [-0.2, -0.15) is 0 Å². The van der Waals surface area contributed by atoms with E-state index in [1.54, 1.807) is 23.5 Å². The molecule has 0 amide bonds. The highest BCUT2D eigenvalue weighted by Gasteiger charge is 2.22. The summed E-state index contributed by atoms with van der Waals surface area (Å²) in [5.41, 5.74) is 1.88. The van der Waals surface area contributed by atoms with E-state index < -0.39 is 0 Å². The van der Waals surface area contributed by atoms with Crippen molar-refractivity contribution in [1.82, 2.24) is 5.32 Å². The molecule has 2 aromatic rings. The lowest BCUT2D eigenvalue weighted by atomic mass is 10.1. The van der Waals surface area contributed by atoms with Crippen LogP contribution >= 0.6 is 33.9 Å². The van der Waals surface area contributed by atoms with Gasteiger partial charge >= 0.3 is 0 Å². The predicted molar refractivity (Wildman–Crippen MR) is 84.7 cm³/mol. The zero-order chi connectivity index (χ0) is 13.2. The third-order valence-corrected chi connectivity index (χ3v) is 5.02. The monoisotopic (exact) mass is 389 g/mol. The first-order valence-electron chi connectivity index (χ1n) is 6.07. The van der Waals surface area contributed by atoms with Crippen LogP contribution in [0.5, 0.6) is 5.75 Å². The van der Waals surface area contributed by atoms with Crippen LogP contribution in [0, 0.1) is 5.82 Å². The van der Waals surface area contributed by atoms with Crippen LogP contribution in [-0.4, -0.2) is 17.1 Å². The zero-order valence-corrected chi connectivity index (χ0v) is 13.1. The summed E-state index contributed by atoms with van der Waals surface area (Å²) >= 11 is 4.00. The lowest BCUT2D eigenvalue weighted by Gasteiger charge is -2.15. The van der Waals surface area contributed by atoms with E-state index in [1.165, 1.54) is 10.9 Å². The number of fused-ring (bicyclic) bond motifs is 1. The van der Waals surface area contributed by atoms with E-state index in [1.807, 2.05) is 6.07 Å². The second-order valence-electron chi connectivity index (χ2n) is 4.44. The van der Waals surface area contributed by atoms with Gasteiger partial charge in [0.15, 0.2) is 0 Å². The Morgan fingerprint density at radius 2 is 2.37 bits per heavy atom. The molecule has 1 aliphatic heterocycles. The van der Waals surface area contributed by atoms with Gasteiger partial charge in [-0.3, -0.25) is 0 Å². The number of nitrogens with one attached hydrogen (secondary N) is 1. The maximum Gasteiger partial charge on any atom is 0.142 e. The molecule has 1 atom stereocenters. The van der Waals surface area contributed by atoms with Crippen molar-refractivity contribution in [3.8, 4) is 16.9 Å². The highest BCUT2D eigenvalue weighted by Crippen LogP contribution is 2.40. The molecule has 2 heterocycles. The van der Waals surface area contributed by atoms with Crippen molar-refractivity contribution in [2.75, 3.05) is 11.0 Å². The molecule has 1 aromatic carbocycles. The molecule has 100 valence electrons. The molecule has 2 nitrogen and oxygen atoms in total. The summed E-state index contributed by atoms with van der Waals surface area (Å²) in [4.78, 5) is 1.19. The van der Waals surface area contributed by atoms with Crippen molar-refractivity contribution in [2.24, 2.45) is 0 Å². The van der Waals surface area contributed by atoms with Gasteiger partial charge in [-0.25, -0.2) is 4.39 Å². The van der Waals surface area contributed by atoms with E-state index in [9.17, 15) is 4.39 Å². The molecule has 0 fully saturated rings. The van der Waals surface area contributed by atoms with Crippen molar-refractivity contribution in [2.45, 2.75) is 12.6 Å². The number of hydrogen-bond acceptors (Lipinski definition) is 3. The minimum atomic E-state index is -0.213. The van der Waals surface area contributed by atoms with Gasteiger partial charge in [0.2, 0.25) is 0 Å². The molecule has 0 radical (unpaired) electrons. The minimum absolute atomic E-state index is 0.170. The number of thiophene rings is 1. The van der Waals surface area contributed by atoms with Gasteiger partial charge in [0.25, 0.3) is 0 Å². The van der Waals surface area contributed by atoms with Gasteiger partial charge in [0, 0.05) is 28.5 Å². The minimum Gasteiger partial charge on any atom is -0.486 e. The van der Waals surface area contributed by atoms with Crippen molar-refractivity contribution in [1.29, 1.82) is 0 Å². The Morgan fingerprint density at radius 3 is 3.16 bits per heavy atom. The van der Waals surface area contributed by atoms with Crippen LogP contribution in [0.1, 0.15) is 4.88 Å². The Hall–Kier alpha value is -0.660. The number of ether oxygens (including phenoxy) is 1. The molecule has 1 N–H and O–H groups in total. The summed E-state index contributed by atoms with van der Waals surface area (Å²) < 4.78 is 20.4. The third-order valence-electron chi connectivity index (χ3n) is 3.07. The summed E-state index contributed by atoms with van der Waals surface area (Å²) in [6, 6.07) is 6.68. The normalized spacial score (nSPS) is 18.5. The highest BCUT2D eigenvalue weighted by molar-refractivity contribution is 14.1. The third kappa shape index (κ3) is 2.78. The van der Waals surface area contributed by atoms with E-state index >= 15 is 0 Å². The first-order valence-corrected chi connectivity index (χ1v) is 8.48. The maximum absolute atomic E-state index is 13.4. The number of benzene rings is 1. The van der Waals surface area contributed by atoms with Crippen LogP contribution in [0.15, 0.2) is 29.6 Å². The van der Waals surface area contributed by atoms with Crippen LogP contribution < -0.4 is 10.1 Å². The Bertz CT molecular complexity index is 587. The molecule has 3 rings (SSSR count). The lowest BCUT2D eigenvalue weighted by molar-refractivity contribution is 0.235. The van der Waals surface area contributed by atoms with Crippen molar-refractivity contribution < 1.29 is 9.13 Å². The summed E-state index contributed by atoms with van der Waals surface area (Å²) in [6.07, 6.45) is 0.170. The van der Waals surface area contributed by atoms with Crippen molar-refractivity contribution in [3.05, 3.63) is 40.3 Å². The fraction of sp³-hybridized carbons (Fsp3) is 0.286. The Morgan fingerprint density at radius 1 is 1.47 bits per heavy atom. The lowest BCUT2D eigenvalue weighted by Crippen LogP contribution is -2.29. The molecule has 0 spiro atoms. The molecule has 1 aromatic heterocycles. The number of hydrogen-bond donors (Lipinski definition) is 1. The van der Waals surface area contributed by atoms with Crippen LogP contribution in [0.4, 0.5) is 4.39 Å². The largest absolute Gasteiger partial charge is 0.486 e. The van der Waals surface area contributed by atoms with Crippen LogP contribution in [0.25, 0.3) is 11.1 Å². The van der Waals surface area contributed by atoms with Gasteiger partial charge in [0.05, 0.1) is 4.88 Å². The summed E-state index contributed by atoms with van der Waals surface area (Å²) in [5, 5.41) is 5.44. The molecular weight excluding hydrogens is 376 g/mol. The van der Waals surface area contributed by atoms with E-state index in [4.69, 9.17) is 4.74 Å². The standard InChI is InChI=1S/C14H13FINOS/c15-10-3-1-2-9(4-10)12-8-19-13-7-17-6-11(5-16)18-14(12)13/h1-4,8,11,17H,5-7H2. The van der Waals surface area contributed by atoms with Crippen molar-refractivity contribution in [3.63, 3.8) is 0 Å². The van der Waals surface area contributed by atoms with Crippen LogP contribution in [0.3, 0.4) is 0 Å². The Balaban J connectivity index is 2.02. The average molecular weight is 389 g/mol. The molecule has 1 unspecified atom stereocenters. The van der Waals surface area contributed by atoms with Gasteiger partial charge < -0.3 is 10.1 Å². The zero-order valence-electron chi connectivity index (χ0n) is 10.2. The quantitative estimate of drug-likeness (QED) is 0.623. The fourth-order valence-corrected chi connectivity index (χ4v) is 3.58. The summed E-state index contributed by atoms with van der Waals surface area (Å²) in [6.45, 7) is 1.68. The summed E-state index contributed by atoms with van der Waals surface area (Å²) in [5.74, 6) is 0.705. The molecule has 5 heteroatoms. The molecule has 0 aliphatic carbocycles. The fourth-order valence-electron chi connectivity index (χ4n) is 2.13. The van der Waals surface area contributed by atoms with Gasteiger partial charge in [-0.1, -0.05) is 34.7 Å². The second kappa shape index (κ2) is 5.76. The SMILES string of the molecule is Fc1cccc(-c2csc3c2OC(CI)CNC3)c1. The van der Waals surface area contributed by atoms with E-state index in [-0.39, 0.29) is 11.9 Å². The van der Waals surface area contributed by atoms with Gasteiger partial charge in [-0.15, -0.1) is 11.3 Å². The van der Waals surface area contributed by atoms with Gasteiger partial charge in [0.1, 0.15) is 17.7 Å². The van der Waals surface area contributed by atoms with E-state index in [2.05, 4.69) is 33.3 Å². The van der Waals surface area contributed by atoms with E-state index in [0.29, 0.717) is 0 Å². The average Bonchev–Trinajstić information content (AvgIpc) is 2.69. The van der Waals surface area contributed by atoms with E-state index in [0.717, 1.165) is 34.4 Å². The number of alkyl halides is 1. The first kappa shape index (κ1) is 13.3. The Kier molecular flexibility index (Phi) is 4.04. The van der Waals surface area contributed by atoms with Gasteiger partial charge in [-0.05, 0) is 17.7 Å². The first-order chi connectivity index (χ1) is 9.28. The summed E-state index contributed by atoms with van der Waals surface area (Å²) in [7, 11) is 0. The smallest absolute Gasteiger partial charge is 0.142 e. The van der Waals surface area contributed by atoms with Crippen molar-refractivity contribution >= 4 is 33.9 Å². The predicted octanol–water partition coefficient (Wildman–Crippen LogP) is 3.84. The molecular formula is C14H13FINOS.